The van der Waals surface area contributed by atoms with Gasteiger partial charge in [0.15, 0.2) is 0 Å². The second-order valence-electron chi connectivity index (χ2n) is 5.57. The first kappa shape index (κ1) is 15.6. The van der Waals surface area contributed by atoms with Crippen LogP contribution in [0.3, 0.4) is 0 Å². The molecule has 0 aliphatic rings. The molecular weight excluding hydrogens is 258 g/mol. The molecule has 0 saturated heterocycles. The van der Waals surface area contributed by atoms with Crippen LogP contribution in [0.2, 0.25) is 0 Å². The highest BCUT2D eigenvalue weighted by Gasteiger charge is 2.09. The highest BCUT2D eigenvalue weighted by Crippen LogP contribution is 2.15. The van der Waals surface area contributed by atoms with Crippen molar-refractivity contribution in [3.8, 4) is 0 Å². The van der Waals surface area contributed by atoms with E-state index < -0.39 is 0 Å². The van der Waals surface area contributed by atoms with Crippen LogP contribution in [0.4, 0.5) is 0 Å². The molecule has 2 aromatic rings. The number of rotatable bonds is 6. The topological polar surface area (TPSA) is 37.8 Å². The van der Waals surface area contributed by atoms with Crippen LogP contribution in [-0.4, -0.2) is 16.5 Å². The van der Waals surface area contributed by atoms with Crippen molar-refractivity contribution in [3.63, 3.8) is 0 Å². The van der Waals surface area contributed by atoms with E-state index in [1.165, 1.54) is 16.7 Å². The van der Waals surface area contributed by atoms with E-state index in [0.717, 1.165) is 43.1 Å². The molecule has 0 amide bonds. The Morgan fingerprint density at radius 3 is 2.29 bits per heavy atom. The Morgan fingerprint density at radius 1 is 1.00 bits per heavy atom. The number of hydrogen-bond donors (Lipinski definition) is 1. The first-order valence-corrected chi connectivity index (χ1v) is 7.70. The van der Waals surface area contributed by atoms with Gasteiger partial charge in [-0.1, -0.05) is 31.2 Å². The molecule has 3 heteroatoms. The first-order valence-electron chi connectivity index (χ1n) is 7.70. The van der Waals surface area contributed by atoms with Gasteiger partial charge in [0.1, 0.15) is 5.82 Å². The third-order valence-electron chi connectivity index (χ3n) is 3.81. The SMILES string of the molecule is CCCNCc1c(C)nc(Cc2ccccc2C)nc1C. The van der Waals surface area contributed by atoms with Crippen molar-refractivity contribution >= 4 is 0 Å². The van der Waals surface area contributed by atoms with Gasteiger partial charge in [-0.25, -0.2) is 9.97 Å². The van der Waals surface area contributed by atoms with Crippen LogP contribution in [-0.2, 0) is 13.0 Å². The second-order valence-corrected chi connectivity index (χ2v) is 5.57. The molecule has 0 unspecified atom stereocenters. The zero-order chi connectivity index (χ0) is 15.2. The van der Waals surface area contributed by atoms with Gasteiger partial charge in [-0.05, 0) is 44.9 Å². The summed E-state index contributed by atoms with van der Waals surface area (Å²) in [5.41, 5.74) is 6.01. The summed E-state index contributed by atoms with van der Waals surface area (Å²) in [6.07, 6.45) is 1.95. The summed E-state index contributed by atoms with van der Waals surface area (Å²) in [5, 5.41) is 3.43. The number of hydrogen-bond acceptors (Lipinski definition) is 3. The fourth-order valence-corrected chi connectivity index (χ4v) is 2.51. The van der Waals surface area contributed by atoms with Gasteiger partial charge in [0.2, 0.25) is 0 Å². The van der Waals surface area contributed by atoms with E-state index in [0.29, 0.717) is 0 Å². The molecule has 0 fully saturated rings. The second kappa shape index (κ2) is 7.32. The molecule has 21 heavy (non-hydrogen) atoms. The van der Waals surface area contributed by atoms with E-state index in [9.17, 15) is 0 Å². The van der Waals surface area contributed by atoms with Crippen LogP contribution < -0.4 is 5.32 Å². The molecule has 2 rings (SSSR count). The van der Waals surface area contributed by atoms with Gasteiger partial charge in [-0.2, -0.15) is 0 Å². The molecule has 0 spiro atoms. The van der Waals surface area contributed by atoms with Crippen molar-refractivity contribution in [1.82, 2.24) is 15.3 Å². The summed E-state index contributed by atoms with van der Waals surface area (Å²) in [6.45, 7) is 10.4. The normalized spacial score (nSPS) is 10.9. The lowest BCUT2D eigenvalue weighted by Crippen LogP contribution is -2.17. The van der Waals surface area contributed by atoms with Crippen molar-refractivity contribution in [1.29, 1.82) is 0 Å². The first-order chi connectivity index (χ1) is 10.1. The maximum Gasteiger partial charge on any atom is 0.133 e. The van der Waals surface area contributed by atoms with Gasteiger partial charge < -0.3 is 5.32 Å². The summed E-state index contributed by atoms with van der Waals surface area (Å²) in [7, 11) is 0. The van der Waals surface area contributed by atoms with Gasteiger partial charge in [0.25, 0.3) is 0 Å². The van der Waals surface area contributed by atoms with Gasteiger partial charge in [-0.3, -0.25) is 0 Å². The van der Waals surface area contributed by atoms with Crippen molar-refractivity contribution in [2.45, 2.75) is 47.1 Å². The van der Waals surface area contributed by atoms with Crippen molar-refractivity contribution in [3.05, 3.63) is 58.2 Å². The lowest BCUT2D eigenvalue weighted by atomic mass is 10.1. The molecule has 0 aliphatic carbocycles. The summed E-state index contributed by atoms with van der Waals surface area (Å²) in [4.78, 5) is 9.40. The highest BCUT2D eigenvalue weighted by atomic mass is 14.9. The van der Waals surface area contributed by atoms with Gasteiger partial charge in [-0.15, -0.1) is 0 Å². The van der Waals surface area contributed by atoms with E-state index in [4.69, 9.17) is 9.97 Å². The summed E-state index contributed by atoms with van der Waals surface area (Å²) < 4.78 is 0. The number of aryl methyl sites for hydroxylation is 3. The summed E-state index contributed by atoms with van der Waals surface area (Å²) in [5.74, 6) is 0.915. The van der Waals surface area contributed by atoms with Crippen molar-refractivity contribution < 1.29 is 0 Å². The van der Waals surface area contributed by atoms with Gasteiger partial charge >= 0.3 is 0 Å². The largest absolute Gasteiger partial charge is 0.313 e. The van der Waals surface area contributed by atoms with E-state index in [-0.39, 0.29) is 0 Å². The average molecular weight is 283 g/mol. The summed E-state index contributed by atoms with van der Waals surface area (Å²) >= 11 is 0. The molecule has 0 atom stereocenters. The lowest BCUT2D eigenvalue weighted by Gasteiger charge is -2.12. The third kappa shape index (κ3) is 4.11. The molecule has 1 aromatic carbocycles. The zero-order valence-electron chi connectivity index (χ0n) is 13.5. The Balaban J connectivity index is 2.17. The van der Waals surface area contributed by atoms with Crippen LogP contribution in [0.25, 0.3) is 0 Å². The summed E-state index contributed by atoms with van der Waals surface area (Å²) in [6, 6.07) is 8.43. The van der Waals surface area contributed by atoms with Crippen LogP contribution in [0, 0.1) is 20.8 Å². The Kier molecular flexibility index (Phi) is 5.45. The molecule has 1 heterocycles. The molecule has 0 saturated carbocycles. The Morgan fingerprint density at radius 2 is 1.67 bits per heavy atom. The zero-order valence-corrected chi connectivity index (χ0v) is 13.5. The minimum absolute atomic E-state index is 0.803. The lowest BCUT2D eigenvalue weighted by molar-refractivity contribution is 0.662. The molecule has 0 aliphatic heterocycles. The van der Waals surface area contributed by atoms with E-state index in [2.05, 4.69) is 57.3 Å². The molecule has 112 valence electrons. The van der Waals surface area contributed by atoms with Crippen molar-refractivity contribution in [2.24, 2.45) is 0 Å². The van der Waals surface area contributed by atoms with Gasteiger partial charge in [0.05, 0.1) is 0 Å². The van der Waals surface area contributed by atoms with Crippen LogP contribution in [0.15, 0.2) is 24.3 Å². The maximum absolute atomic E-state index is 4.70. The number of nitrogens with one attached hydrogen (secondary N) is 1. The smallest absolute Gasteiger partial charge is 0.133 e. The molecule has 0 radical (unpaired) electrons. The molecule has 1 aromatic heterocycles. The maximum atomic E-state index is 4.70. The van der Waals surface area contributed by atoms with E-state index in [1.807, 2.05) is 0 Å². The Bertz CT molecular complexity index is 582. The average Bonchev–Trinajstić information content (AvgIpc) is 2.44. The number of benzene rings is 1. The highest BCUT2D eigenvalue weighted by molar-refractivity contribution is 5.30. The van der Waals surface area contributed by atoms with Crippen LogP contribution >= 0.6 is 0 Å². The predicted molar refractivity (Wildman–Crippen MR) is 87.5 cm³/mol. The predicted octanol–water partition coefficient (Wildman–Crippen LogP) is 3.49. The quantitative estimate of drug-likeness (QED) is 0.825. The monoisotopic (exact) mass is 283 g/mol. The van der Waals surface area contributed by atoms with Crippen molar-refractivity contribution in [2.75, 3.05) is 6.54 Å². The van der Waals surface area contributed by atoms with Gasteiger partial charge in [0, 0.05) is 29.9 Å². The molecule has 3 nitrogen and oxygen atoms in total. The third-order valence-corrected chi connectivity index (χ3v) is 3.81. The molecule has 1 N–H and O–H groups in total. The Hall–Kier alpha value is -1.74. The van der Waals surface area contributed by atoms with Crippen LogP contribution in [0.5, 0.6) is 0 Å². The van der Waals surface area contributed by atoms with E-state index >= 15 is 0 Å². The standard InChI is InChI=1S/C18H25N3/c1-5-10-19-12-17-14(3)20-18(21-15(17)4)11-16-9-7-6-8-13(16)2/h6-9,19H,5,10-12H2,1-4H3. The molecular formula is C18H25N3. The minimum atomic E-state index is 0.803. The Labute approximate surface area is 127 Å². The van der Waals surface area contributed by atoms with Crippen LogP contribution in [0.1, 0.15) is 47.2 Å². The number of aromatic nitrogens is 2. The number of nitrogens with zero attached hydrogens (tertiary/aromatic N) is 2. The fraction of sp³-hybridized carbons (Fsp3) is 0.444. The fourth-order valence-electron chi connectivity index (χ4n) is 2.51. The minimum Gasteiger partial charge on any atom is -0.313 e. The molecule has 0 bridgehead atoms. The van der Waals surface area contributed by atoms with E-state index in [1.54, 1.807) is 0 Å².